The monoisotopic (exact) mass is 296 g/mol. The van der Waals surface area contributed by atoms with Crippen LogP contribution in [0, 0.1) is 0 Å². The van der Waals surface area contributed by atoms with Crippen LogP contribution in [0.15, 0.2) is 30.3 Å². The molecule has 0 saturated heterocycles. The second-order valence-corrected chi connectivity index (χ2v) is 4.54. The van der Waals surface area contributed by atoms with Crippen LogP contribution in [0.2, 0.25) is 0 Å². The minimum atomic E-state index is -1.26. The van der Waals surface area contributed by atoms with E-state index in [1.807, 2.05) is 0 Å². The van der Waals surface area contributed by atoms with E-state index in [1.54, 1.807) is 30.3 Å². The lowest BCUT2D eigenvalue weighted by Crippen LogP contribution is -2.38. The Balaban J connectivity index is 2.62. The van der Waals surface area contributed by atoms with Crippen LogP contribution in [-0.2, 0) is 14.4 Å². The Labute approximate surface area is 122 Å². The number of hydrogen-bond acceptors (Lipinski definition) is 5. The molecule has 0 aliphatic carbocycles. The largest absolute Gasteiger partial charge is 0.480 e. The Morgan fingerprint density at radius 3 is 2.33 bits per heavy atom. The molecule has 5 N–H and O–H groups in total. The average Bonchev–Trinajstić information content (AvgIpc) is 2.46. The summed E-state index contributed by atoms with van der Waals surface area (Å²) in [5.41, 5.74) is 8.12. The molecule has 21 heavy (non-hydrogen) atoms. The summed E-state index contributed by atoms with van der Waals surface area (Å²) in [5.74, 6) is -2.29. The zero-order valence-electron chi connectivity index (χ0n) is 11.6. The Kier molecular flexibility index (Phi) is 7.38. The fourth-order valence-corrected chi connectivity index (χ4v) is 1.76. The molecule has 1 rings (SSSR count). The molecule has 1 aromatic rings. The molecule has 0 heterocycles. The number of hydrogen-bond donors (Lipinski definition) is 4. The van der Waals surface area contributed by atoms with E-state index in [0.29, 0.717) is 31.4 Å². The zero-order chi connectivity index (χ0) is 15.7. The van der Waals surface area contributed by atoms with Crippen LogP contribution in [-0.4, -0.2) is 34.7 Å². The van der Waals surface area contributed by atoms with Gasteiger partial charge in [0.15, 0.2) is 0 Å². The third kappa shape index (κ3) is 5.90. The summed E-state index contributed by atoms with van der Waals surface area (Å²) in [7, 11) is 0. The normalized spacial score (nSPS) is 13.6. The van der Waals surface area contributed by atoms with Gasteiger partial charge < -0.3 is 15.9 Å². The molecule has 0 aliphatic heterocycles. The van der Waals surface area contributed by atoms with E-state index in [4.69, 9.17) is 20.8 Å². The van der Waals surface area contributed by atoms with Gasteiger partial charge in [0.2, 0.25) is 6.10 Å². The number of carboxylic acids is 2. The molecule has 7 heteroatoms. The average molecular weight is 296 g/mol. The van der Waals surface area contributed by atoms with Crippen LogP contribution in [0.1, 0.15) is 30.9 Å². The molecule has 116 valence electrons. The van der Waals surface area contributed by atoms with Gasteiger partial charge in [-0.1, -0.05) is 30.3 Å². The molecule has 0 radical (unpaired) electrons. The van der Waals surface area contributed by atoms with Gasteiger partial charge in [-0.15, -0.1) is 0 Å². The van der Waals surface area contributed by atoms with Crippen molar-refractivity contribution in [3.05, 3.63) is 35.9 Å². The quantitative estimate of drug-likeness (QED) is 0.374. The molecule has 1 unspecified atom stereocenters. The van der Waals surface area contributed by atoms with Crippen molar-refractivity contribution >= 4 is 11.9 Å². The second kappa shape index (κ2) is 9.06. The summed E-state index contributed by atoms with van der Waals surface area (Å²) in [6, 6.07) is 7.36. The van der Waals surface area contributed by atoms with Crippen molar-refractivity contribution in [1.82, 2.24) is 5.48 Å². The van der Waals surface area contributed by atoms with Crippen LogP contribution in [0.25, 0.3) is 0 Å². The number of nitrogens with two attached hydrogens (primary N) is 1. The number of aliphatic carboxylic acids is 2. The Morgan fingerprint density at radius 2 is 1.81 bits per heavy atom. The van der Waals surface area contributed by atoms with Gasteiger partial charge in [0.05, 0.1) is 0 Å². The first-order valence-electron chi connectivity index (χ1n) is 6.68. The van der Waals surface area contributed by atoms with Crippen molar-refractivity contribution in [2.75, 3.05) is 6.54 Å². The van der Waals surface area contributed by atoms with E-state index in [0.717, 1.165) is 0 Å². The lowest BCUT2D eigenvalue weighted by Gasteiger charge is -2.18. The highest BCUT2D eigenvalue weighted by atomic mass is 16.7. The predicted molar refractivity (Wildman–Crippen MR) is 75.4 cm³/mol. The summed E-state index contributed by atoms with van der Waals surface area (Å²) >= 11 is 0. The van der Waals surface area contributed by atoms with Gasteiger partial charge in [-0.2, -0.15) is 5.48 Å². The second-order valence-electron chi connectivity index (χ2n) is 4.54. The van der Waals surface area contributed by atoms with Crippen molar-refractivity contribution in [2.45, 2.75) is 31.4 Å². The van der Waals surface area contributed by atoms with E-state index in [2.05, 4.69) is 5.48 Å². The molecule has 0 spiro atoms. The first-order valence-corrected chi connectivity index (χ1v) is 6.68. The number of nitrogens with one attached hydrogen (secondary N) is 1. The molecule has 0 saturated carbocycles. The van der Waals surface area contributed by atoms with Crippen molar-refractivity contribution in [3.8, 4) is 0 Å². The van der Waals surface area contributed by atoms with Gasteiger partial charge >= 0.3 is 11.9 Å². The van der Waals surface area contributed by atoms with Crippen molar-refractivity contribution in [3.63, 3.8) is 0 Å². The summed E-state index contributed by atoms with van der Waals surface area (Å²) < 4.78 is 0. The van der Waals surface area contributed by atoms with Crippen LogP contribution < -0.4 is 11.2 Å². The number of rotatable bonds is 10. The Hall–Kier alpha value is -1.96. The number of carboxylic acid groups (broad SMARTS) is 2. The van der Waals surface area contributed by atoms with E-state index >= 15 is 0 Å². The molecule has 0 amide bonds. The van der Waals surface area contributed by atoms with E-state index in [1.165, 1.54) is 0 Å². The van der Waals surface area contributed by atoms with Gasteiger partial charge in [-0.25, -0.2) is 4.79 Å². The van der Waals surface area contributed by atoms with Crippen LogP contribution in [0.5, 0.6) is 0 Å². The van der Waals surface area contributed by atoms with Gasteiger partial charge in [0.25, 0.3) is 0 Å². The molecular weight excluding hydrogens is 276 g/mol. The lowest BCUT2D eigenvalue weighted by atomic mass is 10.1. The van der Waals surface area contributed by atoms with E-state index in [-0.39, 0.29) is 0 Å². The highest BCUT2D eigenvalue weighted by molar-refractivity contribution is 5.75. The first kappa shape index (κ1) is 17.1. The molecule has 0 bridgehead atoms. The van der Waals surface area contributed by atoms with E-state index < -0.39 is 24.1 Å². The number of carbonyl (C=O) groups is 2. The summed E-state index contributed by atoms with van der Waals surface area (Å²) in [5, 5.41) is 18.2. The molecule has 0 aromatic heterocycles. The van der Waals surface area contributed by atoms with Gasteiger partial charge in [-0.3, -0.25) is 9.63 Å². The van der Waals surface area contributed by atoms with Crippen LogP contribution in [0.3, 0.4) is 0 Å². The summed E-state index contributed by atoms with van der Waals surface area (Å²) in [6.07, 6.45) is 0.370. The van der Waals surface area contributed by atoms with Crippen molar-refractivity contribution in [2.24, 2.45) is 5.73 Å². The van der Waals surface area contributed by atoms with E-state index in [9.17, 15) is 9.59 Å². The Bertz CT molecular complexity index is 452. The fourth-order valence-electron chi connectivity index (χ4n) is 1.76. The SMILES string of the molecule is NCCCC[C@@H](NOC(C(=O)O)c1ccccc1)C(=O)O. The zero-order valence-corrected chi connectivity index (χ0v) is 11.6. The standard InChI is InChI=1S/C14H20N2O5/c15-9-5-4-8-11(13(17)18)16-21-12(14(19)20)10-6-2-1-3-7-10/h1-3,6-7,11-12,16H,4-5,8-9,15H2,(H,17,18)(H,19,20)/t11-,12?/m1/s1. The number of unbranched alkanes of at least 4 members (excludes halogenated alkanes) is 1. The molecule has 1 aromatic carbocycles. The molecule has 0 aliphatic rings. The van der Waals surface area contributed by atoms with Crippen molar-refractivity contribution < 1.29 is 24.6 Å². The van der Waals surface area contributed by atoms with Crippen LogP contribution >= 0.6 is 0 Å². The van der Waals surface area contributed by atoms with Crippen molar-refractivity contribution in [1.29, 1.82) is 0 Å². The fraction of sp³-hybridized carbons (Fsp3) is 0.429. The maximum Gasteiger partial charge on any atom is 0.339 e. The van der Waals surface area contributed by atoms with Gasteiger partial charge in [0, 0.05) is 0 Å². The highest BCUT2D eigenvalue weighted by Gasteiger charge is 2.24. The molecule has 7 nitrogen and oxygen atoms in total. The maximum atomic E-state index is 11.2. The highest BCUT2D eigenvalue weighted by Crippen LogP contribution is 2.16. The summed E-state index contributed by atoms with van der Waals surface area (Å²) in [4.78, 5) is 27.4. The van der Waals surface area contributed by atoms with Gasteiger partial charge in [-0.05, 0) is 31.4 Å². The Morgan fingerprint density at radius 1 is 1.14 bits per heavy atom. The lowest BCUT2D eigenvalue weighted by molar-refractivity contribution is -0.164. The molecule has 0 fully saturated rings. The molecular formula is C14H20N2O5. The van der Waals surface area contributed by atoms with Crippen LogP contribution in [0.4, 0.5) is 0 Å². The third-order valence-electron chi connectivity index (χ3n) is 2.90. The maximum absolute atomic E-state index is 11.2. The molecule has 2 atom stereocenters. The number of hydroxylamine groups is 1. The predicted octanol–water partition coefficient (Wildman–Crippen LogP) is 0.916. The minimum absolute atomic E-state index is 0.313. The smallest absolute Gasteiger partial charge is 0.339 e. The topological polar surface area (TPSA) is 122 Å². The number of benzene rings is 1. The summed E-state index contributed by atoms with van der Waals surface area (Å²) in [6.45, 7) is 0.481. The minimum Gasteiger partial charge on any atom is -0.480 e. The van der Waals surface area contributed by atoms with Gasteiger partial charge in [0.1, 0.15) is 6.04 Å². The third-order valence-corrected chi connectivity index (χ3v) is 2.90. The first-order chi connectivity index (χ1) is 10.1.